The Kier molecular flexibility index (Phi) is 6.95. The van der Waals surface area contributed by atoms with Gasteiger partial charge in [0.05, 0.1) is 0 Å². The first kappa shape index (κ1) is 18.9. The first-order valence-corrected chi connectivity index (χ1v) is 8.71. The Morgan fingerprint density at radius 1 is 1.16 bits per heavy atom. The van der Waals surface area contributed by atoms with Crippen molar-refractivity contribution in [3.63, 3.8) is 0 Å². The maximum absolute atomic E-state index is 12.3. The van der Waals surface area contributed by atoms with Crippen LogP contribution in [0.2, 0.25) is 5.02 Å². The number of carbonyl (C=O) groups excluding carboxylic acids is 2. The Morgan fingerprint density at radius 2 is 1.92 bits per heavy atom. The highest BCUT2D eigenvalue weighted by molar-refractivity contribution is 6.30. The summed E-state index contributed by atoms with van der Waals surface area (Å²) in [5.74, 6) is -0.392. The van der Waals surface area contributed by atoms with Crippen molar-refractivity contribution in [2.75, 3.05) is 19.6 Å². The summed E-state index contributed by atoms with van der Waals surface area (Å²) in [5.41, 5.74) is 1.77. The average Bonchev–Trinajstić information content (AvgIpc) is 2.62. The number of amides is 2. The number of hydrogen-bond donors (Lipinski definition) is 1. The number of aromatic nitrogens is 1. The van der Waals surface area contributed by atoms with Crippen LogP contribution in [0, 0.1) is 0 Å². The van der Waals surface area contributed by atoms with Crippen LogP contribution >= 0.6 is 11.6 Å². The lowest BCUT2D eigenvalue weighted by Gasteiger charge is -2.18. The summed E-state index contributed by atoms with van der Waals surface area (Å²) in [6.07, 6.45) is 2.17. The van der Waals surface area contributed by atoms with Crippen LogP contribution < -0.4 is 5.32 Å². The normalized spacial score (nSPS) is 10.4. The van der Waals surface area contributed by atoms with Gasteiger partial charge in [-0.1, -0.05) is 23.7 Å². The Balaban J connectivity index is 1.97. The molecule has 2 rings (SSSR count). The maximum Gasteiger partial charge on any atom is 0.272 e. The molecule has 5 nitrogen and oxygen atoms in total. The fraction of sp³-hybridized carbons (Fsp3) is 0.316. The van der Waals surface area contributed by atoms with Crippen molar-refractivity contribution in [2.45, 2.75) is 20.3 Å². The minimum absolute atomic E-state index is 0.168. The largest absolute Gasteiger partial charge is 0.352 e. The second kappa shape index (κ2) is 9.18. The second-order valence-electron chi connectivity index (χ2n) is 5.54. The van der Waals surface area contributed by atoms with E-state index in [0.29, 0.717) is 36.6 Å². The van der Waals surface area contributed by atoms with E-state index in [9.17, 15) is 9.59 Å². The van der Waals surface area contributed by atoms with Crippen molar-refractivity contribution in [1.29, 1.82) is 0 Å². The van der Waals surface area contributed by atoms with Gasteiger partial charge in [0, 0.05) is 36.4 Å². The van der Waals surface area contributed by atoms with E-state index in [4.69, 9.17) is 11.6 Å². The first-order valence-electron chi connectivity index (χ1n) is 8.33. The Morgan fingerprint density at radius 3 is 2.60 bits per heavy atom. The Hall–Kier alpha value is -2.40. The van der Waals surface area contributed by atoms with Crippen LogP contribution in [0.1, 0.15) is 40.3 Å². The van der Waals surface area contributed by atoms with Crippen LogP contribution in [-0.2, 0) is 6.42 Å². The van der Waals surface area contributed by atoms with Crippen LogP contribution in [-0.4, -0.2) is 41.3 Å². The molecule has 0 atom stereocenters. The van der Waals surface area contributed by atoms with Gasteiger partial charge in [-0.25, -0.2) is 0 Å². The smallest absolute Gasteiger partial charge is 0.272 e. The molecule has 1 N–H and O–H groups in total. The third-order valence-corrected chi connectivity index (χ3v) is 4.12. The topological polar surface area (TPSA) is 62.3 Å². The van der Waals surface area contributed by atoms with Crippen molar-refractivity contribution in [3.8, 4) is 0 Å². The zero-order valence-corrected chi connectivity index (χ0v) is 15.2. The van der Waals surface area contributed by atoms with Crippen LogP contribution in [0.3, 0.4) is 0 Å². The van der Waals surface area contributed by atoms with Crippen molar-refractivity contribution >= 4 is 23.4 Å². The van der Waals surface area contributed by atoms with Gasteiger partial charge in [-0.05, 0) is 50.1 Å². The zero-order chi connectivity index (χ0) is 18.2. The van der Waals surface area contributed by atoms with Crippen LogP contribution in [0.4, 0.5) is 0 Å². The summed E-state index contributed by atoms with van der Waals surface area (Å²) in [6, 6.07) is 10.7. The Bertz CT molecular complexity index is 745. The number of carbonyl (C=O) groups is 2. The summed E-state index contributed by atoms with van der Waals surface area (Å²) in [5, 5.41) is 3.53. The fourth-order valence-corrected chi connectivity index (χ4v) is 2.69. The summed E-state index contributed by atoms with van der Waals surface area (Å²) < 4.78 is 0. The maximum atomic E-state index is 12.3. The van der Waals surface area contributed by atoms with E-state index in [1.807, 2.05) is 38.1 Å². The molecule has 0 fully saturated rings. The van der Waals surface area contributed by atoms with Gasteiger partial charge in [0.2, 0.25) is 0 Å². The van der Waals surface area contributed by atoms with Crippen molar-refractivity contribution in [1.82, 2.24) is 15.2 Å². The number of nitrogens with zero attached hydrogens (tertiary/aromatic N) is 2. The number of nitrogens with one attached hydrogen (secondary N) is 1. The lowest BCUT2D eigenvalue weighted by Crippen LogP contribution is -2.31. The zero-order valence-electron chi connectivity index (χ0n) is 14.5. The van der Waals surface area contributed by atoms with E-state index in [2.05, 4.69) is 10.3 Å². The lowest BCUT2D eigenvalue weighted by molar-refractivity contribution is 0.0767. The molecule has 0 unspecified atom stereocenters. The van der Waals surface area contributed by atoms with Crippen molar-refractivity contribution < 1.29 is 9.59 Å². The molecule has 6 heteroatoms. The minimum Gasteiger partial charge on any atom is -0.352 e. The Labute approximate surface area is 153 Å². The van der Waals surface area contributed by atoms with Gasteiger partial charge < -0.3 is 10.2 Å². The van der Waals surface area contributed by atoms with Gasteiger partial charge in [0.1, 0.15) is 5.69 Å². The summed E-state index contributed by atoms with van der Waals surface area (Å²) >= 11 is 5.95. The third-order valence-electron chi connectivity index (χ3n) is 3.88. The first-order chi connectivity index (χ1) is 12.0. The number of halogens is 1. The molecular formula is C19H22ClN3O2. The molecule has 1 heterocycles. The summed E-state index contributed by atoms with van der Waals surface area (Å²) in [7, 11) is 0. The van der Waals surface area contributed by atoms with E-state index in [1.165, 1.54) is 12.3 Å². The minimum atomic E-state index is -0.224. The van der Waals surface area contributed by atoms with Crippen LogP contribution in [0.25, 0.3) is 0 Å². The average molecular weight is 360 g/mol. The summed E-state index contributed by atoms with van der Waals surface area (Å²) in [6.45, 7) is 5.52. The van der Waals surface area contributed by atoms with Crippen molar-refractivity contribution in [3.05, 3.63) is 64.4 Å². The molecule has 0 aliphatic carbocycles. The highest BCUT2D eigenvalue weighted by Crippen LogP contribution is 2.11. The lowest BCUT2D eigenvalue weighted by atomic mass is 10.1. The number of pyridine rings is 1. The van der Waals surface area contributed by atoms with Gasteiger partial charge in [-0.3, -0.25) is 14.6 Å². The molecular weight excluding hydrogens is 338 g/mol. The molecule has 2 aromatic rings. The van der Waals surface area contributed by atoms with Crippen LogP contribution in [0.5, 0.6) is 0 Å². The highest BCUT2D eigenvalue weighted by atomic mass is 35.5. The van der Waals surface area contributed by atoms with E-state index >= 15 is 0 Å². The number of rotatable bonds is 7. The monoisotopic (exact) mass is 359 g/mol. The quantitative estimate of drug-likeness (QED) is 0.825. The molecule has 132 valence electrons. The summed E-state index contributed by atoms with van der Waals surface area (Å²) in [4.78, 5) is 30.4. The molecule has 0 saturated heterocycles. The third kappa shape index (κ3) is 5.29. The second-order valence-corrected chi connectivity index (χ2v) is 5.98. The van der Waals surface area contributed by atoms with Crippen LogP contribution in [0.15, 0.2) is 42.6 Å². The van der Waals surface area contributed by atoms with Gasteiger partial charge in [-0.15, -0.1) is 0 Å². The SMILES string of the molecule is CCN(CC)C(=O)c1cc(C(=O)NCCc2cccc(Cl)c2)ccn1. The molecule has 2 amide bonds. The van der Waals surface area contributed by atoms with Gasteiger partial charge in [0.15, 0.2) is 0 Å². The van der Waals surface area contributed by atoms with Gasteiger partial charge in [0.25, 0.3) is 11.8 Å². The molecule has 0 radical (unpaired) electrons. The van der Waals surface area contributed by atoms with E-state index in [1.54, 1.807) is 11.0 Å². The molecule has 0 bridgehead atoms. The van der Waals surface area contributed by atoms with E-state index < -0.39 is 0 Å². The molecule has 1 aromatic heterocycles. The number of benzene rings is 1. The highest BCUT2D eigenvalue weighted by Gasteiger charge is 2.16. The molecule has 1 aromatic carbocycles. The predicted octanol–water partition coefficient (Wildman–Crippen LogP) is 3.19. The fourth-order valence-electron chi connectivity index (χ4n) is 2.48. The van der Waals surface area contributed by atoms with E-state index in [-0.39, 0.29) is 17.5 Å². The molecule has 0 aliphatic heterocycles. The van der Waals surface area contributed by atoms with Crippen molar-refractivity contribution in [2.24, 2.45) is 0 Å². The van der Waals surface area contributed by atoms with E-state index in [0.717, 1.165) is 5.56 Å². The standard InChI is InChI=1S/C19H22ClN3O2/c1-3-23(4-2)19(25)17-13-15(9-11-21-17)18(24)22-10-8-14-6-5-7-16(20)12-14/h5-7,9,11-13H,3-4,8,10H2,1-2H3,(H,22,24). The molecule has 0 aliphatic rings. The molecule has 0 spiro atoms. The molecule has 25 heavy (non-hydrogen) atoms. The predicted molar refractivity (Wildman–Crippen MR) is 99.0 cm³/mol. The molecule has 0 saturated carbocycles. The number of hydrogen-bond acceptors (Lipinski definition) is 3. The van der Waals surface area contributed by atoms with Gasteiger partial charge >= 0.3 is 0 Å². The van der Waals surface area contributed by atoms with Gasteiger partial charge in [-0.2, -0.15) is 0 Å².